The van der Waals surface area contributed by atoms with Gasteiger partial charge in [0.05, 0.1) is 5.41 Å². The quantitative estimate of drug-likeness (QED) is 0.773. The number of methoxy groups -OCH3 is 1. The number of aliphatic carboxylic acids is 1. The van der Waals surface area contributed by atoms with E-state index in [4.69, 9.17) is 4.74 Å². The molecule has 0 spiro atoms. The van der Waals surface area contributed by atoms with Gasteiger partial charge >= 0.3 is 5.97 Å². The van der Waals surface area contributed by atoms with E-state index in [1.165, 1.54) is 5.57 Å². The first-order chi connectivity index (χ1) is 8.12. The second-order valence-corrected chi connectivity index (χ2v) is 4.50. The van der Waals surface area contributed by atoms with E-state index in [0.29, 0.717) is 13.0 Å². The average Bonchev–Trinajstić information content (AvgIpc) is 2.35. The molecule has 0 fully saturated rings. The van der Waals surface area contributed by atoms with Gasteiger partial charge in [0.2, 0.25) is 0 Å². The highest BCUT2D eigenvalue weighted by molar-refractivity contribution is 5.78. The summed E-state index contributed by atoms with van der Waals surface area (Å²) in [5, 5.41) is 9.52. The molecule has 0 radical (unpaired) electrons. The topological polar surface area (TPSA) is 46.5 Å². The van der Waals surface area contributed by atoms with Crippen molar-refractivity contribution >= 4 is 5.97 Å². The largest absolute Gasteiger partial charge is 0.481 e. The van der Waals surface area contributed by atoms with E-state index in [9.17, 15) is 9.90 Å². The van der Waals surface area contributed by atoms with Crippen LogP contribution in [0.1, 0.15) is 33.1 Å². The Hall–Kier alpha value is -1.09. The normalized spacial score (nSPS) is 27.9. The molecule has 2 unspecified atom stereocenters. The lowest BCUT2D eigenvalue weighted by Gasteiger charge is -2.37. The second kappa shape index (κ2) is 6.01. The third kappa shape index (κ3) is 2.60. The van der Waals surface area contributed by atoms with E-state index in [0.717, 1.165) is 12.8 Å². The molecule has 0 aromatic rings. The Morgan fingerprint density at radius 2 is 2.24 bits per heavy atom. The van der Waals surface area contributed by atoms with Gasteiger partial charge in [-0.15, -0.1) is 0 Å². The molecule has 17 heavy (non-hydrogen) atoms. The number of carboxylic acid groups (broad SMARTS) is 1. The van der Waals surface area contributed by atoms with Crippen LogP contribution in [0.2, 0.25) is 0 Å². The summed E-state index contributed by atoms with van der Waals surface area (Å²) in [6.07, 6.45) is 8.06. The van der Waals surface area contributed by atoms with Gasteiger partial charge in [0.25, 0.3) is 0 Å². The molecule has 2 atom stereocenters. The highest BCUT2D eigenvalue weighted by Gasteiger charge is 2.43. The van der Waals surface area contributed by atoms with E-state index >= 15 is 0 Å². The van der Waals surface area contributed by atoms with Crippen molar-refractivity contribution in [3.63, 3.8) is 0 Å². The molecule has 1 aliphatic rings. The number of ether oxygens (including phenoxy) is 1. The second-order valence-electron chi connectivity index (χ2n) is 4.50. The van der Waals surface area contributed by atoms with Crippen LogP contribution >= 0.6 is 0 Å². The Kier molecular flexibility index (Phi) is 4.94. The fourth-order valence-corrected chi connectivity index (χ4v) is 2.75. The fourth-order valence-electron chi connectivity index (χ4n) is 2.75. The van der Waals surface area contributed by atoms with Gasteiger partial charge in [0, 0.05) is 13.7 Å². The van der Waals surface area contributed by atoms with Crippen LogP contribution in [0.3, 0.4) is 0 Å². The molecule has 1 N–H and O–H groups in total. The molecule has 0 saturated carbocycles. The Balaban J connectivity index is 3.00. The number of rotatable bonds is 6. The molecule has 0 amide bonds. The van der Waals surface area contributed by atoms with Gasteiger partial charge in [-0.25, -0.2) is 0 Å². The maximum atomic E-state index is 11.6. The Morgan fingerprint density at radius 3 is 2.71 bits per heavy atom. The SMILES string of the molecule is CCC1C(CCOC)=CC=CC1(CC)C(=O)O. The summed E-state index contributed by atoms with van der Waals surface area (Å²) in [7, 11) is 1.67. The van der Waals surface area contributed by atoms with Gasteiger partial charge in [-0.2, -0.15) is 0 Å². The predicted octanol–water partition coefficient (Wildman–Crippen LogP) is 3.03. The molecule has 0 bridgehead atoms. The van der Waals surface area contributed by atoms with Gasteiger partial charge in [0.1, 0.15) is 0 Å². The first-order valence-corrected chi connectivity index (χ1v) is 6.23. The minimum Gasteiger partial charge on any atom is -0.481 e. The first-order valence-electron chi connectivity index (χ1n) is 6.23. The molecule has 0 heterocycles. The van der Waals surface area contributed by atoms with Crippen molar-refractivity contribution < 1.29 is 14.6 Å². The molecule has 96 valence electrons. The van der Waals surface area contributed by atoms with Crippen molar-refractivity contribution in [3.8, 4) is 0 Å². The summed E-state index contributed by atoms with van der Waals surface area (Å²) in [6, 6.07) is 0. The molecule has 1 aliphatic carbocycles. The Labute approximate surface area is 103 Å². The first kappa shape index (κ1) is 14.0. The van der Waals surface area contributed by atoms with Crippen LogP contribution in [0.4, 0.5) is 0 Å². The molecule has 1 rings (SSSR count). The zero-order chi connectivity index (χ0) is 12.9. The third-order valence-electron chi connectivity index (χ3n) is 3.76. The van der Waals surface area contributed by atoms with Crippen LogP contribution in [0, 0.1) is 11.3 Å². The van der Waals surface area contributed by atoms with Crippen molar-refractivity contribution in [2.24, 2.45) is 11.3 Å². The van der Waals surface area contributed by atoms with Crippen LogP contribution < -0.4 is 0 Å². The monoisotopic (exact) mass is 238 g/mol. The summed E-state index contributed by atoms with van der Waals surface area (Å²) < 4.78 is 5.09. The van der Waals surface area contributed by atoms with Crippen LogP contribution in [0.15, 0.2) is 23.8 Å². The van der Waals surface area contributed by atoms with E-state index in [-0.39, 0.29) is 5.92 Å². The van der Waals surface area contributed by atoms with E-state index in [2.05, 4.69) is 6.92 Å². The zero-order valence-electron chi connectivity index (χ0n) is 10.9. The number of carboxylic acids is 1. The highest BCUT2D eigenvalue weighted by atomic mass is 16.5. The third-order valence-corrected chi connectivity index (χ3v) is 3.76. The van der Waals surface area contributed by atoms with E-state index < -0.39 is 11.4 Å². The molecular formula is C14H22O3. The van der Waals surface area contributed by atoms with Gasteiger partial charge in [0.15, 0.2) is 0 Å². The summed E-state index contributed by atoms with van der Waals surface area (Å²) in [5.74, 6) is -0.628. The Morgan fingerprint density at radius 1 is 1.53 bits per heavy atom. The molecule has 3 heteroatoms. The summed E-state index contributed by atoms with van der Waals surface area (Å²) >= 11 is 0. The maximum Gasteiger partial charge on any atom is 0.314 e. The highest BCUT2D eigenvalue weighted by Crippen LogP contribution is 2.43. The standard InChI is InChI=1S/C14H22O3/c1-4-12-11(8-10-17-3)7-6-9-14(12,5-2)13(15)16/h6-7,9,12H,4-5,8,10H2,1-3H3,(H,15,16). The lowest BCUT2D eigenvalue weighted by molar-refractivity contribution is -0.148. The van der Waals surface area contributed by atoms with Gasteiger partial charge in [-0.3, -0.25) is 4.79 Å². The lowest BCUT2D eigenvalue weighted by atomic mass is 9.66. The predicted molar refractivity (Wildman–Crippen MR) is 67.9 cm³/mol. The summed E-state index contributed by atoms with van der Waals surface area (Å²) in [6.45, 7) is 4.65. The molecule has 0 aliphatic heterocycles. The van der Waals surface area contributed by atoms with Gasteiger partial charge < -0.3 is 9.84 Å². The molecule has 0 saturated heterocycles. The minimum absolute atomic E-state index is 0.0881. The van der Waals surface area contributed by atoms with Crippen LogP contribution in [-0.4, -0.2) is 24.8 Å². The smallest absolute Gasteiger partial charge is 0.314 e. The van der Waals surface area contributed by atoms with Crippen molar-refractivity contribution in [1.29, 1.82) is 0 Å². The van der Waals surface area contributed by atoms with Crippen molar-refractivity contribution in [2.75, 3.05) is 13.7 Å². The van der Waals surface area contributed by atoms with E-state index in [1.54, 1.807) is 7.11 Å². The summed E-state index contributed by atoms with van der Waals surface area (Å²) in [5.41, 5.74) is 0.466. The molecule has 0 aromatic carbocycles. The van der Waals surface area contributed by atoms with Crippen LogP contribution in [-0.2, 0) is 9.53 Å². The molecule has 3 nitrogen and oxygen atoms in total. The number of hydrogen-bond acceptors (Lipinski definition) is 2. The van der Waals surface area contributed by atoms with Crippen molar-refractivity contribution in [2.45, 2.75) is 33.1 Å². The van der Waals surface area contributed by atoms with Crippen molar-refractivity contribution in [1.82, 2.24) is 0 Å². The minimum atomic E-state index is -0.730. The number of hydrogen-bond donors (Lipinski definition) is 1. The average molecular weight is 238 g/mol. The molecule has 0 aromatic heterocycles. The zero-order valence-corrected chi connectivity index (χ0v) is 10.9. The Bertz CT molecular complexity index is 330. The van der Waals surface area contributed by atoms with Gasteiger partial charge in [-0.05, 0) is 25.2 Å². The maximum absolute atomic E-state index is 11.6. The van der Waals surface area contributed by atoms with Crippen LogP contribution in [0.5, 0.6) is 0 Å². The van der Waals surface area contributed by atoms with Crippen LogP contribution in [0.25, 0.3) is 0 Å². The van der Waals surface area contributed by atoms with Gasteiger partial charge in [-0.1, -0.05) is 37.6 Å². The van der Waals surface area contributed by atoms with E-state index in [1.807, 2.05) is 25.2 Å². The fraction of sp³-hybridized carbons (Fsp3) is 0.643. The molecular weight excluding hydrogens is 216 g/mol. The number of allylic oxidation sites excluding steroid dienone is 2. The van der Waals surface area contributed by atoms with Crippen molar-refractivity contribution in [3.05, 3.63) is 23.8 Å². The summed E-state index contributed by atoms with van der Waals surface area (Å²) in [4.78, 5) is 11.6. The number of carbonyl (C=O) groups is 1. The lowest BCUT2D eigenvalue weighted by Crippen LogP contribution is -2.38.